The molecule has 0 aliphatic heterocycles. The predicted octanol–water partition coefficient (Wildman–Crippen LogP) is 4.95. The Morgan fingerprint density at radius 3 is 2.75 bits per heavy atom. The van der Waals surface area contributed by atoms with E-state index in [1.165, 1.54) is 22.8 Å². The molecule has 1 unspecified atom stereocenters. The van der Waals surface area contributed by atoms with Crippen molar-refractivity contribution in [1.29, 1.82) is 0 Å². The minimum atomic E-state index is -0.537. The molecule has 0 aliphatic rings. The highest BCUT2D eigenvalue weighted by Crippen LogP contribution is 2.19. The highest BCUT2D eigenvalue weighted by atomic mass is 79.9. The van der Waals surface area contributed by atoms with Crippen LogP contribution in [0.2, 0.25) is 0 Å². The number of nitrogens with one attached hydrogen (secondary N) is 1. The van der Waals surface area contributed by atoms with E-state index in [-0.39, 0.29) is 17.9 Å². The van der Waals surface area contributed by atoms with E-state index >= 15 is 0 Å². The molecule has 2 heterocycles. The number of aliphatic imine (C=N–C) groups is 1. The summed E-state index contributed by atoms with van der Waals surface area (Å²) in [6.07, 6.45) is 6.74. The molecule has 0 saturated heterocycles. The van der Waals surface area contributed by atoms with Crippen LogP contribution in [0.4, 0.5) is 4.39 Å². The molecule has 3 aromatic rings. The van der Waals surface area contributed by atoms with Gasteiger partial charge in [-0.25, -0.2) is 9.37 Å². The molecule has 1 N–H and O–H groups in total. The highest BCUT2D eigenvalue weighted by Gasteiger charge is 2.19. The smallest absolute Gasteiger partial charge is 0.265 e. The first-order chi connectivity index (χ1) is 15.3. The van der Waals surface area contributed by atoms with E-state index < -0.39 is 17.5 Å². The third kappa shape index (κ3) is 5.45. The summed E-state index contributed by atoms with van der Waals surface area (Å²) in [4.78, 5) is 34.8. The molecule has 164 valence electrons. The van der Waals surface area contributed by atoms with Crippen molar-refractivity contribution >= 4 is 39.1 Å². The van der Waals surface area contributed by atoms with E-state index in [1.807, 2.05) is 13.0 Å². The SMILES string of the molecule is C=C(Cn1c(=O)c(C(=O)NC(C)c2ccc(F)cc2)cc2cc(Br)cnc21)N=C/C=C\C. The maximum absolute atomic E-state index is 13.2. The number of carbonyl (C=O) groups excluding carboxylic acids is 1. The van der Waals surface area contributed by atoms with Gasteiger partial charge >= 0.3 is 0 Å². The minimum absolute atomic E-state index is 0.0309. The third-order valence-electron chi connectivity index (χ3n) is 4.73. The molecule has 0 aliphatic carbocycles. The summed E-state index contributed by atoms with van der Waals surface area (Å²) < 4.78 is 15.3. The Morgan fingerprint density at radius 2 is 2.06 bits per heavy atom. The van der Waals surface area contributed by atoms with Crippen molar-refractivity contribution in [3.63, 3.8) is 0 Å². The lowest BCUT2D eigenvalue weighted by molar-refractivity contribution is 0.0938. The molecule has 6 nitrogen and oxygen atoms in total. The maximum atomic E-state index is 13.2. The first-order valence-corrected chi connectivity index (χ1v) is 10.7. The van der Waals surface area contributed by atoms with E-state index in [0.717, 1.165) is 5.56 Å². The number of rotatable bonds is 7. The molecule has 32 heavy (non-hydrogen) atoms. The molecule has 1 amide bonds. The molecular weight excluding hydrogens is 475 g/mol. The van der Waals surface area contributed by atoms with Gasteiger partial charge in [-0.1, -0.05) is 24.8 Å². The van der Waals surface area contributed by atoms with Crippen LogP contribution in [0.15, 0.2) is 81.3 Å². The molecule has 0 radical (unpaired) electrons. The van der Waals surface area contributed by atoms with Gasteiger partial charge in [0.05, 0.1) is 18.3 Å². The van der Waals surface area contributed by atoms with Gasteiger partial charge in [-0.2, -0.15) is 0 Å². The van der Waals surface area contributed by atoms with Crippen LogP contribution >= 0.6 is 15.9 Å². The highest BCUT2D eigenvalue weighted by molar-refractivity contribution is 9.10. The summed E-state index contributed by atoms with van der Waals surface area (Å²) in [5.74, 6) is -0.898. The quantitative estimate of drug-likeness (QED) is 0.470. The lowest BCUT2D eigenvalue weighted by Crippen LogP contribution is -2.35. The second kappa shape index (κ2) is 10.3. The van der Waals surface area contributed by atoms with Gasteiger partial charge in [0.15, 0.2) is 0 Å². The van der Waals surface area contributed by atoms with E-state index in [4.69, 9.17) is 0 Å². The lowest BCUT2D eigenvalue weighted by Gasteiger charge is -2.16. The number of aromatic nitrogens is 2. The summed E-state index contributed by atoms with van der Waals surface area (Å²) in [5.41, 5.74) is 1.05. The van der Waals surface area contributed by atoms with Gasteiger partial charge in [0.1, 0.15) is 17.0 Å². The fourth-order valence-corrected chi connectivity index (χ4v) is 3.46. The van der Waals surface area contributed by atoms with Crippen LogP contribution in [0.1, 0.15) is 35.8 Å². The van der Waals surface area contributed by atoms with E-state index in [1.54, 1.807) is 43.6 Å². The average Bonchev–Trinajstić information content (AvgIpc) is 2.76. The van der Waals surface area contributed by atoms with E-state index in [2.05, 4.69) is 37.8 Å². The Hall–Kier alpha value is -3.39. The van der Waals surface area contributed by atoms with Gasteiger partial charge < -0.3 is 5.32 Å². The number of fused-ring (bicyclic) bond motifs is 1. The number of allylic oxidation sites excluding steroid dienone is 3. The number of hydrogen-bond acceptors (Lipinski definition) is 4. The van der Waals surface area contributed by atoms with Crippen molar-refractivity contribution in [2.75, 3.05) is 0 Å². The Morgan fingerprint density at radius 1 is 1.34 bits per heavy atom. The molecule has 1 atom stereocenters. The number of amides is 1. The van der Waals surface area contributed by atoms with E-state index in [9.17, 15) is 14.0 Å². The van der Waals surface area contributed by atoms with Crippen molar-refractivity contribution in [2.24, 2.45) is 4.99 Å². The standard InChI is InChI=1S/C24H22BrFN4O2/c1-4-5-10-27-15(2)14-30-22-18(11-19(25)13-28-22)12-21(24(30)32)23(31)29-16(3)17-6-8-20(26)9-7-17/h4-13,16H,2,14H2,1,3H3,(H,29,31)/b5-4-,27-10?. The van der Waals surface area contributed by atoms with Crippen molar-refractivity contribution < 1.29 is 9.18 Å². The maximum Gasteiger partial charge on any atom is 0.265 e. The van der Waals surface area contributed by atoms with Crippen molar-refractivity contribution in [2.45, 2.75) is 26.4 Å². The zero-order valence-corrected chi connectivity index (χ0v) is 19.3. The van der Waals surface area contributed by atoms with Crippen LogP contribution in [0.25, 0.3) is 11.0 Å². The first-order valence-electron chi connectivity index (χ1n) is 9.88. The molecule has 8 heteroatoms. The van der Waals surface area contributed by atoms with Gasteiger partial charge in [0.2, 0.25) is 0 Å². The fraction of sp³-hybridized carbons (Fsp3) is 0.167. The van der Waals surface area contributed by atoms with Crippen molar-refractivity contribution in [3.8, 4) is 0 Å². The van der Waals surface area contributed by atoms with Crippen LogP contribution < -0.4 is 10.9 Å². The van der Waals surface area contributed by atoms with Gasteiger partial charge in [0.25, 0.3) is 11.5 Å². The predicted molar refractivity (Wildman–Crippen MR) is 128 cm³/mol. The molecule has 1 aromatic carbocycles. The molecule has 0 spiro atoms. The van der Waals surface area contributed by atoms with Crippen LogP contribution in [0, 0.1) is 5.82 Å². The Kier molecular flexibility index (Phi) is 7.48. The van der Waals surface area contributed by atoms with Gasteiger partial charge in [-0.3, -0.25) is 19.1 Å². The number of hydrogen-bond donors (Lipinski definition) is 1. The van der Waals surface area contributed by atoms with Crippen LogP contribution in [-0.4, -0.2) is 21.7 Å². The number of pyridine rings is 2. The third-order valence-corrected chi connectivity index (χ3v) is 5.16. The van der Waals surface area contributed by atoms with Crippen LogP contribution in [0.5, 0.6) is 0 Å². The van der Waals surface area contributed by atoms with Gasteiger partial charge in [-0.05, 0) is 65.7 Å². The molecule has 0 saturated carbocycles. The monoisotopic (exact) mass is 496 g/mol. The summed E-state index contributed by atoms with van der Waals surface area (Å²) in [6.45, 7) is 7.60. The van der Waals surface area contributed by atoms with Crippen molar-refractivity contribution in [1.82, 2.24) is 14.9 Å². The number of halogens is 2. The molecule has 0 bridgehead atoms. The summed E-state index contributed by atoms with van der Waals surface area (Å²) in [5, 5.41) is 3.42. The summed E-state index contributed by atoms with van der Waals surface area (Å²) >= 11 is 3.38. The second-order valence-electron chi connectivity index (χ2n) is 7.13. The summed E-state index contributed by atoms with van der Waals surface area (Å²) in [7, 11) is 0. The second-order valence-corrected chi connectivity index (χ2v) is 8.05. The summed E-state index contributed by atoms with van der Waals surface area (Å²) in [6, 6.07) is 8.70. The molecule has 3 rings (SSSR count). The largest absolute Gasteiger partial charge is 0.345 e. The van der Waals surface area contributed by atoms with Crippen molar-refractivity contribution in [3.05, 3.63) is 98.8 Å². The average molecular weight is 497 g/mol. The molecule has 0 fully saturated rings. The lowest BCUT2D eigenvalue weighted by atomic mass is 10.1. The number of nitrogens with zero attached hydrogens (tertiary/aromatic N) is 3. The van der Waals surface area contributed by atoms with Gasteiger partial charge in [0, 0.05) is 22.3 Å². The number of benzene rings is 1. The van der Waals surface area contributed by atoms with Gasteiger partial charge in [-0.15, -0.1) is 0 Å². The van der Waals surface area contributed by atoms with E-state index in [0.29, 0.717) is 21.2 Å². The zero-order valence-electron chi connectivity index (χ0n) is 17.7. The first kappa shape index (κ1) is 23.3. The number of carbonyl (C=O) groups is 1. The normalized spacial score (nSPS) is 12.5. The zero-order chi connectivity index (χ0) is 23.3. The minimum Gasteiger partial charge on any atom is -0.345 e. The topological polar surface area (TPSA) is 76.3 Å². The fourth-order valence-electron chi connectivity index (χ4n) is 3.11. The Labute approximate surface area is 193 Å². The van der Waals surface area contributed by atoms with Crippen LogP contribution in [-0.2, 0) is 6.54 Å². The Bertz CT molecular complexity index is 1280. The molecular formula is C24H22BrFN4O2. The molecule has 2 aromatic heterocycles. The van der Waals surface area contributed by atoms with Crippen LogP contribution in [0.3, 0.4) is 0 Å². The Balaban J connectivity index is 2.00.